The van der Waals surface area contributed by atoms with Crippen LogP contribution in [0.3, 0.4) is 0 Å². The molecule has 0 aliphatic carbocycles. The van der Waals surface area contributed by atoms with Crippen LogP contribution >= 0.6 is 0 Å². The van der Waals surface area contributed by atoms with Crippen LogP contribution in [0.25, 0.3) is 10.8 Å². The number of benzene rings is 2. The predicted octanol–water partition coefficient (Wildman–Crippen LogP) is 3.84. The van der Waals surface area contributed by atoms with E-state index >= 15 is 0 Å². The van der Waals surface area contributed by atoms with Gasteiger partial charge in [0.15, 0.2) is 0 Å². The second kappa shape index (κ2) is 6.84. The molecule has 0 unspecified atom stereocenters. The van der Waals surface area contributed by atoms with Crippen LogP contribution < -0.4 is 4.74 Å². The van der Waals surface area contributed by atoms with Crippen molar-refractivity contribution in [3.05, 3.63) is 54.6 Å². The lowest BCUT2D eigenvalue weighted by atomic mass is 9.98. The van der Waals surface area contributed by atoms with Gasteiger partial charge in [0.25, 0.3) is 0 Å². The Bertz CT molecular complexity index is 838. The Labute approximate surface area is 148 Å². The molecule has 2 aromatic carbocycles. The van der Waals surface area contributed by atoms with Crippen molar-refractivity contribution < 1.29 is 4.74 Å². The molecule has 0 radical (unpaired) electrons. The molecular formula is C20H24N4O. The predicted molar refractivity (Wildman–Crippen MR) is 98.8 cm³/mol. The largest absolute Gasteiger partial charge is 0.497 e. The fraction of sp³-hybridized carbons (Fsp3) is 0.400. The number of hydrogen-bond acceptors (Lipinski definition) is 4. The standard InChI is InChI=1S/C20H24N4O/c1-15(23-9-7-19(8-10-23)24-14-21-13-22-24)16-3-4-18-12-20(25-2)6-5-17(18)11-16/h3-6,11-15,19H,7-10H2,1-2H3/t15-/m1/s1. The minimum Gasteiger partial charge on any atom is -0.497 e. The van der Waals surface area contributed by atoms with Crippen molar-refractivity contribution in [1.82, 2.24) is 19.7 Å². The van der Waals surface area contributed by atoms with Crippen LogP contribution in [0.5, 0.6) is 5.75 Å². The number of aromatic nitrogens is 3. The molecule has 0 bridgehead atoms. The van der Waals surface area contributed by atoms with E-state index in [0.29, 0.717) is 12.1 Å². The number of methoxy groups -OCH3 is 1. The second-order valence-corrected chi connectivity index (χ2v) is 6.79. The molecular weight excluding hydrogens is 312 g/mol. The van der Waals surface area contributed by atoms with Crippen molar-refractivity contribution in [3.8, 4) is 5.75 Å². The van der Waals surface area contributed by atoms with E-state index in [1.165, 1.54) is 16.3 Å². The minimum absolute atomic E-state index is 0.420. The quantitative estimate of drug-likeness (QED) is 0.726. The molecule has 130 valence electrons. The maximum Gasteiger partial charge on any atom is 0.137 e. The third-order valence-corrected chi connectivity index (χ3v) is 5.41. The Kier molecular flexibility index (Phi) is 4.40. The number of rotatable bonds is 4. The highest BCUT2D eigenvalue weighted by molar-refractivity contribution is 5.84. The lowest BCUT2D eigenvalue weighted by Crippen LogP contribution is -2.36. The van der Waals surface area contributed by atoms with Crippen LogP contribution in [0, 0.1) is 0 Å². The molecule has 0 amide bonds. The Morgan fingerprint density at radius 1 is 1.08 bits per heavy atom. The number of hydrogen-bond donors (Lipinski definition) is 0. The molecule has 3 aromatic rings. The molecule has 5 nitrogen and oxygen atoms in total. The summed E-state index contributed by atoms with van der Waals surface area (Å²) in [5, 5.41) is 6.78. The Hall–Kier alpha value is -2.40. The summed E-state index contributed by atoms with van der Waals surface area (Å²) >= 11 is 0. The lowest BCUT2D eigenvalue weighted by Gasteiger charge is -2.36. The molecule has 2 heterocycles. The zero-order valence-electron chi connectivity index (χ0n) is 14.8. The first kappa shape index (κ1) is 16.1. The van der Waals surface area contributed by atoms with Crippen molar-refractivity contribution >= 4 is 10.8 Å². The van der Waals surface area contributed by atoms with Gasteiger partial charge >= 0.3 is 0 Å². The normalized spacial score (nSPS) is 17.7. The highest BCUT2D eigenvalue weighted by atomic mass is 16.5. The number of likely N-dealkylation sites (tertiary alicyclic amines) is 1. The van der Waals surface area contributed by atoms with Gasteiger partial charge in [-0.2, -0.15) is 5.10 Å². The van der Waals surface area contributed by atoms with E-state index in [2.05, 4.69) is 52.2 Å². The Morgan fingerprint density at radius 3 is 2.56 bits per heavy atom. The molecule has 0 saturated carbocycles. The summed E-state index contributed by atoms with van der Waals surface area (Å²) in [6, 6.07) is 13.9. The first-order valence-electron chi connectivity index (χ1n) is 8.90. The van der Waals surface area contributed by atoms with E-state index < -0.39 is 0 Å². The molecule has 1 saturated heterocycles. The van der Waals surface area contributed by atoms with Gasteiger partial charge in [-0.15, -0.1) is 0 Å². The van der Waals surface area contributed by atoms with Gasteiger partial charge < -0.3 is 4.74 Å². The average Bonchev–Trinajstić information content (AvgIpc) is 3.21. The zero-order chi connectivity index (χ0) is 17.2. The van der Waals surface area contributed by atoms with Crippen molar-refractivity contribution in [2.24, 2.45) is 0 Å². The fourth-order valence-corrected chi connectivity index (χ4v) is 3.78. The van der Waals surface area contributed by atoms with E-state index in [1.54, 1.807) is 13.4 Å². The van der Waals surface area contributed by atoms with Crippen LogP contribution in [0.2, 0.25) is 0 Å². The van der Waals surface area contributed by atoms with Gasteiger partial charge in [0.1, 0.15) is 18.4 Å². The van der Waals surface area contributed by atoms with Gasteiger partial charge in [-0.05, 0) is 54.3 Å². The number of fused-ring (bicyclic) bond motifs is 1. The van der Waals surface area contributed by atoms with Crippen molar-refractivity contribution in [3.63, 3.8) is 0 Å². The van der Waals surface area contributed by atoms with Crippen LogP contribution in [0.4, 0.5) is 0 Å². The highest BCUT2D eigenvalue weighted by Crippen LogP contribution is 2.30. The summed E-state index contributed by atoms with van der Waals surface area (Å²) in [5.41, 5.74) is 1.37. The van der Waals surface area contributed by atoms with Gasteiger partial charge in [0.2, 0.25) is 0 Å². The number of ether oxygens (including phenoxy) is 1. The zero-order valence-corrected chi connectivity index (χ0v) is 14.8. The topological polar surface area (TPSA) is 43.2 Å². The number of piperidine rings is 1. The summed E-state index contributed by atoms with van der Waals surface area (Å²) in [7, 11) is 1.71. The molecule has 1 atom stereocenters. The van der Waals surface area contributed by atoms with Crippen LogP contribution in [-0.4, -0.2) is 39.9 Å². The van der Waals surface area contributed by atoms with Crippen molar-refractivity contribution in [2.45, 2.75) is 31.8 Å². The summed E-state index contributed by atoms with van der Waals surface area (Å²) in [5.74, 6) is 0.906. The lowest BCUT2D eigenvalue weighted by molar-refractivity contribution is 0.139. The third-order valence-electron chi connectivity index (χ3n) is 5.41. The van der Waals surface area contributed by atoms with Crippen LogP contribution in [0.15, 0.2) is 49.1 Å². The van der Waals surface area contributed by atoms with Crippen LogP contribution in [-0.2, 0) is 0 Å². The van der Waals surface area contributed by atoms with E-state index in [1.807, 2.05) is 17.1 Å². The molecule has 5 heteroatoms. The summed E-state index contributed by atoms with van der Waals surface area (Å²) in [6.45, 7) is 4.49. The first-order valence-corrected chi connectivity index (χ1v) is 8.90. The second-order valence-electron chi connectivity index (χ2n) is 6.79. The minimum atomic E-state index is 0.420. The van der Waals surface area contributed by atoms with Gasteiger partial charge in [-0.3, -0.25) is 4.90 Å². The fourth-order valence-electron chi connectivity index (χ4n) is 3.78. The maximum atomic E-state index is 5.32. The van der Waals surface area contributed by atoms with Gasteiger partial charge in [-0.1, -0.05) is 18.2 Å². The third kappa shape index (κ3) is 3.24. The smallest absolute Gasteiger partial charge is 0.137 e. The van der Waals surface area contributed by atoms with Crippen LogP contribution in [0.1, 0.15) is 37.4 Å². The molecule has 1 aromatic heterocycles. The van der Waals surface area contributed by atoms with Gasteiger partial charge in [-0.25, -0.2) is 9.67 Å². The molecule has 4 rings (SSSR count). The highest BCUT2D eigenvalue weighted by Gasteiger charge is 2.24. The summed E-state index contributed by atoms with van der Waals surface area (Å²) in [6.07, 6.45) is 5.71. The Morgan fingerprint density at radius 2 is 1.84 bits per heavy atom. The Balaban J connectivity index is 1.47. The van der Waals surface area contributed by atoms with Gasteiger partial charge in [0, 0.05) is 19.1 Å². The van der Waals surface area contributed by atoms with E-state index in [0.717, 1.165) is 31.7 Å². The summed E-state index contributed by atoms with van der Waals surface area (Å²) < 4.78 is 7.32. The average molecular weight is 336 g/mol. The monoisotopic (exact) mass is 336 g/mol. The summed E-state index contributed by atoms with van der Waals surface area (Å²) in [4.78, 5) is 6.64. The molecule has 25 heavy (non-hydrogen) atoms. The molecule has 1 fully saturated rings. The van der Waals surface area contributed by atoms with E-state index in [4.69, 9.17) is 4.74 Å². The number of nitrogens with zero attached hydrogens (tertiary/aromatic N) is 4. The maximum absolute atomic E-state index is 5.32. The van der Waals surface area contributed by atoms with E-state index in [-0.39, 0.29) is 0 Å². The SMILES string of the molecule is COc1ccc2cc([C@@H](C)N3CCC(n4cncn4)CC3)ccc2c1. The first-order chi connectivity index (χ1) is 12.2. The molecule has 0 N–H and O–H groups in total. The van der Waals surface area contributed by atoms with Crippen molar-refractivity contribution in [2.75, 3.05) is 20.2 Å². The molecule has 0 spiro atoms. The van der Waals surface area contributed by atoms with Gasteiger partial charge in [0.05, 0.1) is 13.2 Å². The van der Waals surface area contributed by atoms with Crippen molar-refractivity contribution in [1.29, 1.82) is 0 Å². The molecule has 1 aliphatic rings. The van der Waals surface area contributed by atoms with E-state index in [9.17, 15) is 0 Å². The molecule has 1 aliphatic heterocycles.